The fourth-order valence-corrected chi connectivity index (χ4v) is 4.79. The Morgan fingerprint density at radius 1 is 1.03 bits per heavy atom. The number of aryl methyl sites for hydroxylation is 2. The van der Waals surface area contributed by atoms with Crippen LogP contribution in [0.5, 0.6) is 5.75 Å². The topological polar surface area (TPSA) is 61.9 Å². The van der Waals surface area contributed by atoms with E-state index in [1.165, 1.54) is 5.56 Å². The Labute approximate surface area is 174 Å². The first-order chi connectivity index (χ1) is 13.8. The van der Waals surface area contributed by atoms with Crippen molar-refractivity contribution < 1.29 is 13.2 Å². The number of likely N-dealkylation sites (N-methyl/N-ethyl adjacent to an activating group) is 1. The van der Waals surface area contributed by atoms with Gasteiger partial charge in [-0.15, -0.1) is 0 Å². The summed E-state index contributed by atoms with van der Waals surface area (Å²) in [4.78, 5) is 4.93. The van der Waals surface area contributed by atoms with E-state index in [0.717, 1.165) is 37.3 Å². The zero-order valence-corrected chi connectivity index (χ0v) is 18.5. The molecule has 1 heterocycles. The van der Waals surface area contributed by atoms with Crippen LogP contribution in [0.2, 0.25) is 0 Å². The number of piperazine rings is 1. The normalized spacial score (nSPS) is 17.2. The first-order valence-corrected chi connectivity index (χ1v) is 11.4. The molecule has 0 aliphatic carbocycles. The Morgan fingerprint density at radius 3 is 2.28 bits per heavy atom. The molecule has 158 valence electrons. The van der Waals surface area contributed by atoms with Gasteiger partial charge in [-0.1, -0.05) is 29.8 Å². The van der Waals surface area contributed by atoms with Gasteiger partial charge in [0.2, 0.25) is 10.0 Å². The molecule has 1 N–H and O–H groups in total. The van der Waals surface area contributed by atoms with Crippen molar-refractivity contribution in [3.63, 3.8) is 0 Å². The van der Waals surface area contributed by atoms with Gasteiger partial charge in [0, 0.05) is 38.8 Å². The van der Waals surface area contributed by atoms with Crippen LogP contribution in [0.15, 0.2) is 47.4 Å². The second-order valence-electron chi connectivity index (χ2n) is 7.75. The van der Waals surface area contributed by atoms with E-state index in [1.807, 2.05) is 6.92 Å². The summed E-state index contributed by atoms with van der Waals surface area (Å²) in [6.45, 7) is 8.02. The molecule has 1 atom stereocenters. The minimum Gasteiger partial charge on any atom is -0.496 e. The third-order valence-corrected chi connectivity index (χ3v) is 7.01. The van der Waals surface area contributed by atoms with Crippen LogP contribution < -0.4 is 9.46 Å². The Hall–Kier alpha value is -1.93. The van der Waals surface area contributed by atoms with Crippen molar-refractivity contribution >= 4 is 10.0 Å². The second-order valence-corrected chi connectivity index (χ2v) is 9.52. The summed E-state index contributed by atoms with van der Waals surface area (Å²) < 4.78 is 33.9. The smallest absolute Gasteiger partial charge is 0.240 e. The molecule has 0 radical (unpaired) electrons. The number of nitrogens with zero attached hydrogens (tertiary/aromatic N) is 2. The lowest BCUT2D eigenvalue weighted by Crippen LogP contribution is -2.48. The third-order valence-electron chi connectivity index (χ3n) is 5.58. The van der Waals surface area contributed by atoms with Gasteiger partial charge in [-0.05, 0) is 50.2 Å². The molecule has 3 rings (SSSR count). The van der Waals surface area contributed by atoms with Crippen LogP contribution >= 0.6 is 0 Å². The fraction of sp³-hybridized carbons (Fsp3) is 0.455. The number of benzene rings is 2. The summed E-state index contributed by atoms with van der Waals surface area (Å²) in [5.74, 6) is 0.680. The highest BCUT2D eigenvalue weighted by Gasteiger charge is 2.26. The Balaban J connectivity index is 1.80. The van der Waals surface area contributed by atoms with E-state index in [0.29, 0.717) is 12.3 Å². The Kier molecular flexibility index (Phi) is 6.95. The summed E-state index contributed by atoms with van der Waals surface area (Å²) >= 11 is 0. The van der Waals surface area contributed by atoms with E-state index in [1.54, 1.807) is 25.3 Å². The fourth-order valence-electron chi connectivity index (χ4n) is 3.67. The van der Waals surface area contributed by atoms with Crippen molar-refractivity contribution in [2.75, 3.05) is 46.9 Å². The molecule has 29 heavy (non-hydrogen) atoms. The second kappa shape index (κ2) is 9.26. The molecule has 2 aromatic carbocycles. The first-order valence-electron chi connectivity index (χ1n) is 9.93. The van der Waals surface area contributed by atoms with Crippen LogP contribution in [0.1, 0.15) is 22.7 Å². The number of rotatable bonds is 7. The highest BCUT2D eigenvalue weighted by Crippen LogP contribution is 2.24. The maximum absolute atomic E-state index is 12.9. The van der Waals surface area contributed by atoms with E-state index in [2.05, 4.69) is 52.8 Å². The summed E-state index contributed by atoms with van der Waals surface area (Å²) in [7, 11) is 0.0873. The van der Waals surface area contributed by atoms with Gasteiger partial charge in [-0.25, -0.2) is 13.1 Å². The van der Waals surface area contributed by atoms with Gasteiger partial charge in [0.25, 0.3) is 0 Å². The molecular weight excluding hydrogens is 386 g/mol. The largest absolute Gasteiger partial charge is 0.496 e. The minimum absolute atomic E-state index is 0.00146. The summed E-state index contributed by atoms with van der Waals surface area (Å²) in [5.41, 5.74) is 3.12. The van der Waals surface area contributed by atoms with Crippen LogP contribution in [-0.4, -0.2) is 65.1 Å². The molecule has 0 spiro atoms. The van der Waals surface area contributed by atoms with Crippen molar-refractivity contribution in [1.82, 2.24) is 14.5 Å². The van der Waals surface area contributed by atoms with Gasteiger partial charge < -0.3 is 9.64 Å². The third kappa shape index (κ3) is 5.36. The number of ether oxygens (including phenoxy) is 1. The maximum Gasteiger partial charge on any atom is 0.240 e. The predicted octanol–water partition coefficient (Wildman–Crippen LogP) is 2.58. The number of hydrogen-bond donors (Lipinski definition) is 1. The van der Waals surface area contributed by atoms with Crippen molar-refractivity contribution in [1.29, 1.82) is 0 Å². The molecular formula is C22H31N3O3S. The number of nitrogens with one attached hydrogen (secondary N) is 1. The molecule has 0 saturated carbocycles. The summed E-state index contributed by atoms with van der Waals surface area (Å²) in [6, 6.07) is 13.3. The van der Waals surface area contributed by atoms with E-state index in [9.17, 15) is 8.42 Å². The van der Waals surface area contributed by atoms with Crippen LogP contribution in [0.4, 0.5) is 0 Å². The maximum atomic E-state index is 12.9. The van der Waals surface area contributed by atoms with Crippen LogP contribution in [-0.2, 0) is 10.0 Å². The highest BCUT2D eigenvalue weighted by molar-refractivity contribution is 7.89. The lowest BCUT2D eigenvalue weighted by Gasteiger charge is -2.38. The zero-order valence-electron chi connectivity index (χ0n) is 17.7. The SMILES string of the molecule is COc1ccc(S(=O)(=O)NCC(c2ccc(C)cc2)N2CCN(C)CC2)cc1C. The standard InChI is InChI=1S/C22H31N3O3S/c1-17-5-7-19(8-6-17)21(25-13-11-24(3)12-14-25)16-23-29(26,27)20-9-10-22(28-4)18(2)15-20/h5-10,15,21,23H,11-14,16H2,1-4H3. The van der Waals surface area contributed by atoms with Crippen molar-refractivity contribution in [2.24, 2.45) is 0 Å². The van der Waals surface area contributed by atoms with Gasteiger partial charge >= 0.3 is 0 Å². The van der Waals surface area contributed by atoms with Crippen molar-refractivity contribution in [3.8, 4) is 5.75 Å². The van der Waals surface area contributed by atoms with Gasteiger partial charge in [0.05, 0.1) is 12.0 Å². The summed E-state index contributed by atoms with van der Waals surface area (Å²) in [6.07, 6.45) is 0. The molecule has 2 aromatic rings. The Morgan fingerprint density at radius 2 is 1.69 bits per heavy atom. The molecule has 1 saturated heterocycles. The monoisotopic (exact) mass is 417 g/mol. The summed E-state index contributed by atoms with van der Waals surface area (Å²) in [5, 5.41) is 0. The van der Waals surface area contributed by atoms with Crippen molar-refractivity contribution in [2.45, 2.75) is 24.8 Å². The van der Waals surface area contributed by atoms with Gasteiger partial charge in [0.15, 0.2) is 0 Å². The molecule has 1 aliphatic rings. The molecule has 0 aromatic heterocycles. The minimum atomic E-state index is -3.61. The van der Waals surface area contributed by atoms with E-state index >= 15 is 0 Å². The molecule has 1 unspecified atom stereocenters. The average Bonchev–Trinajstić information content (AvgIpc) is 2.70. The van der Waals surface area contributed by atoms with E-state index < -0.39 is 10.0 Å². The average molecular weight is 418 g/mol. The van der Waals surface area contributed by atoms with Gasteiger partial charge in [-0.3, -0.25) is 4.90 Å². The molecule has 7 heteroatoms. The molecule has 1 fully saturated rings. The number of sulfonamides is 1. The zero-order chi connectivity index (χ0) is 21.0. The van der Waals surface area contributed by atoms with E-state index in [-0.39, 0.29) is 10.9 Å². The van der Waals surface area contributed by atoms with Crippen molar-refractivity contribution in [3.05, 3.63) is 59.2 Å². The molecule has 1 aliphatic heterocycles. The predicted molar refractivity (Wildman–Crippen MR) is 116 cm³/mol. The lowest BCUT2D eigenvalue weighted by molar-refractivity contribution is 0.113. The Bertz CT molecular complexity index is 921. The molecule has 6 nitrogen and oxygen atoms in total. The molecule has 0 amide bonds. The molecule has 0 bridgehead atoms. The van der Waals surface area contributed by atoms with Gasteiger partial charge in [0.1, 0.15) is 5.75 Å². The highest BCUT2D eigenvalue weighted by atomic mass is 32.2. The van der Waals surface area contributed by atoms with E-state index in [4.69, 9.17) is 4.74 Å². The number of hydrogen-bond acceptors (Lipinski definition) is 5. The van der Waals surface area contributed by atoms with Gasteiger partial charge in [-0.2, -0.15) is 0 Å². The first kappa shape index (κ1) is 21.8. The lowest BCUT2D eigenvalue weighted by atomic mass is 10.0. The van der Waals surface area contributed by atoms with Crippen LogP contribution in [0.3, 0.4) is 0 Å². The quantitative estimate of drug-likeness (QED) is 0.750. The van der Waals surface area contributed by atoms with Crippen LogP contribution in [0.25, 0.3) is 0 Å². The number of methoxy groups -OCH3 is 1. The van der Waals surface area contributed by atoms with Crippen LogP contribution in [0, 0.1) is 13.8 Å².